The average molecular weight is 328 g/mol. The smallest absolute Gasteiger partial charge is 0.193 e. The Morgan fingerprint density at radius 1 is 0.833 bits per heavy atom. The molecule has 2 aromatic carbocycles. The van der Waals surface area contributed by atoms with Crippen molar-refractivity contribution in [1.29, 1.82) is 0 Å². The zero-order chi connectivity index (χ0) is 17.2. The van der Waals surface area contributed by atoms with Crippen LogP contribution in [-0.2, 0) is 0 Å². The van der Waals surface area contributed by atoms with Gasteiger partial charge in [0.2, 0.25) is 0 Å². The third-order valence-electron chi connectivity index (χ3n) is 3.99. The fourth-order valence-electron chi connectivity index (χ4n) is 2.54. The molecule has 0 unspecified atom stereocenters. The highest BCUT2D eigenvalue weighted by Gasteiger charge is 2.09. The monoisotopic (exact) mass is 328 g/mol. The van der Waals surface area contributed by atoms with E-state index in [1.807, 2.05) is 12.1 Å². The Hall–Kier alpha value is -2.16. The third kappa shape index (κ3) is 5.80. The van der Waals surface area contributed by atoms with Crippen molar-refractivity contribution in [2.75, 3.05) is 6.61 Å². The van der Waals surface area contributed by atoms with E-state index in [-0.39, 0.29) is 11.6 Å². The zero-order valence-corrected chi connectivity index (χ0v) is 14.3. The molecule has 0 bridgehead atoms. The van der Waals surface area contributed by atoms with Gasteiger partial charge in [-0.1, -0.05) is 39.0 Å². The highest BCUT2D eigenvalue weighted by Crippen LogP contribution is 2.16. The van der Waals surface area contributed by atoms with Crippen LogP contribution >= 0.6 is 0 Å². The Balaban J connectivity index is 1.78. The van der Waals surface area contributed by atoms with Crippen LogP contribution in [0, 0.1) is 5.82 Å². The van der Waals surface area contributed by atoms with Crippen molar-refractivity contribution in [2.24, 2.45) is 0 Å². The normalized spacial score (nSPS) is 10.6. The average Bonchev–Trinajstić information content (AvgIpc) is 2.61. The summed E-state index contributed by atoms with van der Waals surface area (Å²) in [6.07, 6.45) is 7.39. The Kier molecular flexibility index (Phi) is 7.47. The molecule has 128 valence electrons. The first-order valence-electron chi connectivity index (χ1n) is 8.74. The summed E-state index contributed by atoms with van der Waals surface area (Å²) in [4.78, 5) is 12.3. The summed E-state index contributed by atoms with van der Waals surface area (Å²) >= 11 is 0. The van der Waals surface area contributed by atoms with E-state index in [1.165, 1.54) is 56.4 Å². The van der Waals surface area contributed by atoms with E-state index in [1.54, 1.807) is 12.1 Å². The maximum absolute atomic E-state index is 12.9. The number of ketones is 1. The molecule has 2 rings (SSSR count). The minimum Gasteiger partial charge on any atom is -0.494 e. The van der Waals surface area contributed by atoms with Crippen molar-refractivity contribution in [3.63, 3.8) is 0 Å². The minimum atomic E-state index is -0.343. The summed E-state index contributed by atoms with van der Waals surface area (Å²) in [5.74, 6) is 0.321. The van der Waals surface area contributed by atoms with Gasteiger partial charge in [-0.3, -0.25) is 4.79 Å². The van der Waals surface area contributed by atoms with E-state index < -0.39 is 0 Å². The van der Waals surface area contributed by atoms with Crippen molar-refractivity contribution in [3.05, 3.63) is 65.5 Å². The van der Waals surface area contributed by atoms with E-state index in [9.17, 15) is 9.18 Å². The fraction of sp³-hybridized carbons (Fsp3) is 0.381. The number of hydrogen-bond donors (Lipinski definition) is 0. The molecule has 0 aromatic heterocycles. The van der Waals surface area contributed by atoms with E-state index in [4.69, 9.17) is 4.74 Å². The maximum Gasteiger partial charge on any atom is 0.193 e. The van der Waals surface area contributed by atoms with Crippen LogP contribution in [-0.4, -0.2) is 12.4 Å². The molecular weight excluding hydrogens is 303 g/mol. The Morgan fingerprint density at radius 2 is 1.38 bits per heavy atom. The second kappa shape index (κ2) is 9.86. The molecule has 24 heavy (non-hydrogen) atoms. The van der Waals surface area contributed by atoms with Crippen molar-refractivity contribution in [1.82, 2.24) is 0 Å². The first-order chi connectivity index (χ1) is 11.7. The van der Waals surface area contributed by atoms with Crippen LogP contribution in [0.4, 0.5) is 4.39 Å². The standard InChI is InChI=1S/C21H25FO2/c1-2-3-4-5-6-7-16-24-20-14-10-18(11-15-20)21(23)17-8-12-19(22)13-9-17/h8-15H,2-7,16H2,1H3. The highest BCUT2D eigenvalue weighted by molar-refractivity contribution is 6.08. The maximum atomic E-state index is 12.9. The summed E-state index contributed by atoms with van der Waals surface area (Å²) in [7, 11) is 0. The van der Waals surface area contributed by atoms with E-state index in [0.717, 1.165) is 12.2 Å². The molecular formula is C21H25FO2. The van der Waals surface area contributed by atoms with E-state index in [0.29, 0.717) is 17.7 Å². The van der Waals surface area contributed by atoms with Gasteiger partial charge in [0.1, 0.15) is 11.6 Å². The second-order valence-corrected chi connectivity index (χ2v) is 5.98. The lowest BCUT2D eigenvalue weighted by atomic mass is 10.0. The number of carbonyl (C=O) groups excluding carboxylic acids is 1. The SMILES string of the molecule is CCCCCCCCOc1ccc(C(=O)c2ccc(F)cc2)cc1. The molecule has 0 amide bonds. The number of unbranched alkanes of at least 4 members (excludes halogenated alkanes) is 5. The Labute approximate surface area is 143 Å². The van der Waals surface area contributed by atoms with Crippen molar-refractivity contribution >= 4 is 5.78 Å². The van der Waals surface area contributed by atoms with Crippen molar-refractivity contribution < 1.29 is 13.9 Å². The van der Waals surface area contributed by atoms with E-state index >= 15 is 0 Å². The molecule has 0 N–H and O–H groups in total. The lowest BCUT2D eigenvalue weighted by Gasteiger charge is -2.07. The summed E-state index contributed by atoms with van der Waals surface area (Å²) in [5, 5.41) is 0. The first kappa shape index (κ1) is 18.2. The Morgan fingerprint density at radius 3 is 2.00 bits per heavy atom. The van der Waals surface area contributed by atoms with Gasteiger partial charge in [-0.05, 0) is 55.0 Å². The molecule has 0 saturated heterocycles. The van der Waals surface area contributed by atoms with Crippen molar-refractivity contribution in [3.8, 4) is 5.75 Å². The zero-order valence-electron chi connectivity index (χ0n) is 14.3. The molecule has 0 spiro atoms. The number of halogens is 1. The number of rotatable bonds is 10. The molecule has 0 atom stereocenters. The molecule has 3 heteroatoms. The quantitative estimate of drug-likeness (QED) is 0.407. The molecule has 0 heterocycles. The number of hydrogen-bond acceptors (Lipinski definition) is 2. The van der Waals surface area contributed by atoms with Crippen LogP contribution in [0.25, 0.3) is 0 Å². The van der Waals surface area contributed by atoms with Gasteiger partial charge in [0, 0.05) is 11.1 Å². The molecule has 0 aliphatic rings. The van der Waals surface area contributed by atoms with Gasteiger partial charge >= 0.3 is 0 Å². The predicted molar refractivity (Wildman–Crippen MR) is 95.1 cm³/mol. The number of ether oxygens (including phenoxy) is 1. The van der Waals surface area contributed by atoms with Crippen LogP contribution < -0.4 is 4.74 Å². The molecule has 0 radical (unpaired) electrons. The fourth-order valence-corrected chi connectivity index (χ4v) is 2.54. The minimum absolute atomic E-state index is 0.113. The van der Waals surface area contributed by atoms with Gasteiger partial charge in [0.25, 0.3) is 0 Å². The molecule has 2 aromatic rings. The summed E-state index contributed by atoms with van der Waals surface area (Å²) in [6.45, 7) is 2.92. The first-order valence-corrected chi connectivity index (χ1v) is 8.74. The lowest BCUT2D eigenvalue weighted by Crippen LogP contribution is -2.02. The van der Waals surface area contributed by atoms with Crippen LogP contribution in [0.2, 0.25) is 0 Å². The van der Waals surface area contributed by atoms with Gasteiger partial charge in [-0.2, -0.15) is 0 Å². The van der Waals surface area contributed by atoms with Gasteiger partial charge in [0.05, 0.1) is 6.61 Å². The summed E-state index contributed by atoms with van der Waals surface area (Å²) in [5.41, 5.74) is 1.06. The van der Waals surface area contributed by atoms with Gasteiger partial charge in [-0.25, -0.2) is 4.39 Å². The molecule has 0 aliphatic carbocycles. The largest absolute Gasteiger partial charge is 0.494 e. The van der Waals surface area contributed by atoms with Gasteiger partial charge in [0.15, 0.2) is 5.78 Å². The van der Waals surface area contributed by atoms with Gasteiger partial charge in [-0.15, -0.1) is 0 Å². The molecule has 0 saturated carbocycles. The van der Waals surface area contributed by atoms with Crippen LogP contribution in [0.3, 0.4) is 0 Å². The van der Waals surface area contributed by atoms with Gasteiger partial charge < -0.3 is 4.74 Å². The number of benzene rings is 2. The molecule has 2 nitrogen and oxygen atoms in total. The van der Waals surface area contributed by atoms with Crippen molar-refractivity contribution in [2.45, 2.75) is 45.4 Å². The number of carbonyl (C=O) groups is 1. The third-order valence-corrected chi connectivity index (χ3v) is 3.99. The topological polar surface area (TPSA) is 26.3 Å². The van der Waals surface area contributed by atoms with E-state index in [2.05, 4.69) is 6.92 Å². The van der Waals surface area contributed by atoms with Crippen LogP contribution in [0.15, 0.2) is 48.5 Å². The Bertz CT molecular complexity index is 617. The predicted octanol–water partition coefficient (Wildman–Crippen LogP) is 5.80. The van der Waals surface area contributed by atoms with Crippen LogP contribution in [0.5, 0.6) is 5.75 Å². The summed E-state index contributed by atoms with van der Waals surface area (Å²) < 4.78 is 18.6. The highest BCUT2D eigenvalue weighted by atomic mass is 19.1. The second-order valence-electron chi connectivity index (χ2n) is 5.98. The molecule has 0 fully saturated rings. The molecule has 0 aliphatic heterocycles. The lowest BCUT2D eigenvalue weighted by molar-refractivity contribution is 0.103. The van der Waals surface area contributed by atoms with Crippen LogP contribution in [0.1, 0.15) is 61.4 Å². The summed E-state index contributed by atoms with van der Waals surface area (Å²) in [6, 6.07) is 12.7.